The van der Waals surface area contributed by atoms with Gasteiger partial charge in [0.25, 0.3) is 0 Å². The van der Waals surface area contributed by atoms with E-state index in [-0.39, 0.29) is 12.0 Å². The normalized spacial score (nSPS) is 41.1. The summed E-state index contributed by atoms with van der Waals surface area (Å²) in [6.07, 6.45) is 6.72. The van der Waals surface area contributed by atoms with Gasteiger partial charge in [0, 0.05) is 18.1 Å². The standard InChI is InChI=1S/C15H28N2O/c1-4-12-9-8-11(3)17(12)15(18)13-7-5-6-10(2)14(13)16/h10-14H,4-9,16H2,1-3H3. The van der Waals surface area contributed by atoms with Gasteiger partial charge in [-0.25, -0.2) is 0 Å². The lowest BCUT2D eigenvalue weighted by Gasteiger charge is -2.38. The smallest absolute Gasteiger partial charge is 0.227 e. The van der Waals surface area contributed by atoms with Crippen LogP contribution in [-0.2, 0) is 4.79 Å². The van der Waals surface area contributed by atoms with E-state index in [4.69, 9.17) is 5.73 Å². The molecule has 2 rings (SSSR count). The summed E-state index contributed by atoms with van der Waals surface area (Å²) < 4.78 is 0. The van der Waals surface area contributed by atoms with Crippen LogP contribution in [0.5, 0.6) is 0 Å². The van der Waals surface area contributed by atoms with Crippen LogP contribution >= 0.6 is 0 Å². The Kier molecular flexibility index (Phi) is 4.31. The van der Waals surface area contributed by atoms with E-state index < -0.39 is 0 Å². The Bertz CT molecular complexity index is 305. The molecule has 2 aliphatic rings. The van der Waals surface area contributed by atoms with Gasteiger partial charge in [-0.1, -0.05) is 20.3 Å². The van der Waals surface area contributed by atoms with Crippen molar-refractivity contribution in [3.05, 3.63) is 0 Å². The van der Waals surface area contributed by atoms with E-state index in [1.807, 2.05) is 0 Å². The zero-order valence-electron chi connectivity index (χ0n) is 12.1. The maximum absolute atomic E-state index is 12.8. The van der Waals surface area contributed by atoms with Crippen LogP contribution in [0.4, 0.5) is 0 Å². The van der Waals surface area contributed by atoms with Crippen molar-refractivity contribution in [2.75, 3.05) is 0 Å². The summed E-state index contributed by atoms with van der Waals surface area (Å²) in [7, 11) is 0. The predicted molar refractivity (Wildman–Crippen MR) is 74.1 cm³/mol. The number of hydrogen-bond acceptors (Lipinski definition) is 2. The van der Waals surface area contributed by atoms with Crippen LogP contribution in [0, 0.1) is 11.8 Å². The molecular formula is C15H28N2O. The molecule has 0 aromatic rings. The van der Waals surface area contributed by atoms with Crippen molar-refractivity contribution in [2.24, 2.45) is 17.6 Å². The van der Waals surface area contributed by atoms with Crippen LogP contribution in [-0.4, -0.2) is 28.9 Å². The second kappa shape index (κ2) is 5.60. The number of nitrogens with zero attached hydrogens (tertiary/aromatic N) is 1. The summed E-state index contributed by atoms with van der Waals surface area (Å²) in [5, 5.41) is 0. The molecule has 104 valence electrons. The molecule has 1 amide bonds. The molecule has 1 heterocycles. The average molecular weight is 252 g/mol. The van der Waals surface area contributed by atoms with Crippen molar-refractivity contribution < 1.29 is 4.79 Å². The second-order valence-electron chi connectivity index (χ2n) is 6.33. The minimum atomic E-state index is 0.0663. The number of likely N-dealkylation sites (tertiary alicyclic amines) is 1. The van der Waals surface area contributed by atoms with E-state index >= 15 is 0 Å². The van der Waals surface area contributed by atoms with Gasteiger partial charge in [0.15, 0.2) is 0 Å². The molecule has 1 aliphatic carbocycles. The number of hydrogen-bond donors (Lipinski definition) is 1. The maximum Gasteiger partial charge on any atom is 0.227 e. The van der Waals surface area contributed by atoms with Gasteiger partial charge in [-0.2, -0.15) is 0 Å². The Morgan fingerprint density at radius 2 is 1.94 bits per heavy atom. The lowest BCUT2D eigenvalue weighted by atomic mass is 9.77. The molecule has 3 nitrogen and oxygen atoms in total. The van der Waals surface area contributed by atoms with E-state index in [9.17, 15) is 4.79 Å². The molecular weight excluding hydrogens is 224 g/mol. The molecule has 0 aromatic heterocycles. The lowest BCUT2D eigenvalue weighted by molar-refractivity contribution is -0.140. The third-order valence-corrected chi connectivity index (χ3v) is 5.13. The Morgan fingerprint density at radius 1 is 1.22 bits per heavy atom. The van der Waals surface area contributed by atoms with Gasteiger partial charge in [-0.15, -0.1) is 0 Å². The molecule has 0 aromatic carbocycles. The van der Waals surface area contributed by atoms with Gasteiger partial charge < -0.3 is 10.6 Å². The molecule has 18 heavy (non-hydrogen) atoms. The van der Waals surface area contributed by atoms with E-state index in [0.717, 1.165) is 25.7 Å². The van der Waals surface area contributed by atoms with Crippen LogP contribution in [0.3, 0.4) is 0 Å². The quantitative estimate of drug-likeness (QED) is 0.821. The summed E-state index contributed by atoms with van der Waals surface area (Å²) in [5.74, 6) is 0.903. The van der Waals surface area contributed by atoms with E-state index in [1.165, 1.54) is 12.8 Å². The molecule has 5 atom stereocenters. The summed E-state index contributed by atoms with van der Waals surface area (Å²) in [6.45, 7) is 6.56. The molecule has 0 radical (unpaired) electrons. The number of amides is 1. The molecule has 3 heteroatoms. The van der Waals surface area contributed by atoms with Gasteiger partial charge in [-0.05, 0) is 44.9 Å². The molecule has 2 N–H and O–H groups in total. The number of carbonyl (C=O) groups is 1. The molecule has 5 unspecified atom stereocenters. The average Bonchev–Trinajstić information content (AvgIpc) is 2.73. The Hall–Kier alpha value is -0.570. The Morgan fingerprint density at radius 3 is 2.61 bits per heavy atom. The minimum Gasteiger partial charge on any atom is -0.337 e. The van der Waals surface area contributed by atoms with Crippen molar-refractivity contribution in [3.8, 4) is 0 Å². The molecule has 1 saturated carbocycles. The van der Waals surface area contributed by atoms with Crippen molar-refractivity contribution in [2.45, 2.75) is 77.4 Å². The fourth-order valence-electron chi connectivity index (χ4n) is 3.79. The van der Waals surface area contributed by atoms with Crippen molar-refractivity contribution >= 4 is 5.91 Å². The van der Waals surface area contributed by atoms with Gasteiger partial charge in [0.05, 0.1) is 5.92 Å². The summed E-state index contributed by atoms with van der Waals surface area (Å²) >= 11 is 0. The van der Waals surface area contributed by atoms with Crippen LogP contribution in [0.1, 0.15) is 59.3 Å². The van der Waals surface area contributed by atoms with Gasteiger partial charge in [0.2, 0.25) is 5.91 Å². The van der Waals surface area contributed by atoms with Gasteiger partial charge in [-0.3, -0.25) is 4.79 Å². The van der Waals surface area contributed by atoms with Gasteiger partial charge >= 0.3 is 0 Å². The first-order valence-electron chi connectivity index (χ1n) is 7.64. The summed E-state index contributed by atoms with van der Waals surface area (Å²) in [4.78, 5) is 14.9. The van der Waals surface area contributed by atoms with E-state index in [0.29, 0.717) is 23.9 Å². The topological polar surface area (TPSA) is 46.3 Å². The highest BCUT2D eigenvalue weighted by molar-refractivity contribution is 5.80. The third kappa shape index (κ3) is 2.42. The zero-order valence-corrected chi connectivity index (χ0v) is 12.1. The van der Waals surface area contributed by atoms with Crippen molar-refractivity contribution in [3.63, 3.8) is 0 Å². The fraction of sp³-hybridized carbons (Fsp3) is 0.933. The predicted octanol–water partition coefficient (Wildman–Crippen LogP) is 2.54. The number of nitrogens with two attached hydrogens (primary N) is 1. The highest BCUT2D eigenvalue weighted by atomic mass is 16.2. The van der Waals surface area contributed by atoms with Crippen LogP contribution < -0.4 is 5.73 Å². The molecule has 0 bridgehead atoms. The SMILES string of the molecule is CCC1CCC(C)N1C(=O)C1CCCC(C)C1N. The van der Waals surface area contributed by atoms with E-state index in [1.54, 1.807) is 0 Å². The molecule has 0 spiro atoms. The second-order valence-corrected chi connectivity index (χ2v) is 6.33. The third-order valence-electron chi connectivity index (χ3n) is 5.13. The highest BCUT2D eigenvalue weighted by Crippen LogP contribution is 2.33. The summed E-state index contributed by atoms with van der Waals surface area (Å²) in [6, 6.07) is 0.931. The van der Waals surface area contributed by atoms with Crippen molar-refractivity contribution in [1.82, 2.24) is 4.90 Å². The Balaban J connectivity index is 2.09. The van der Waals surface area contributed by atoms with Crippen LogP contribution in [0.15, 0.2) is 0 Å². The first-order valence-corrected chi connectivity index (χ1v) is 7.64. The maximum atomic E-state index is 12.8. The largest absolute Gasteiger partial charge is 0.337 e. The van der Waals surface area contributed by atoms with E-state index in [2.05, 4.69) is 25.7 Å². The van der Waals surface area contributed by atoms with Gasteiger partial charge in [0.1, 0.15) is 0 Å². The first kappa shape index (κ1) is 13.9. The minimum absolute atomic E-state index is 0.0663. The number of rotatable bonds is 2. The van der Waals surface area contributed by atoms with Crippen molar-refractivity contribution in [1.29, 1.82) is 0 Å². The molecule has 2 fully saturated rings. The molecule has 1 saturated heterocycles. The highest BCUT2D eigenvalue weighted by Gasteiger charge is 2.40. The molecule has 1 aliphatic heterocycles. The van der Waals surface area contributed by atoms with Crippen LogP contribution in [0.2, 0.25) is 0 Å². The van der Waals surface area contributed by atoms with Crippen LogP contribution in [0.25, 0.3) is 0 Å². The Labute approximate surface area is 111 Å². The summed E-state index contributed by atoms with van der Waals surface area (Å²) in [5.41, 5.74) is 6.28. The number of carbonyl (C=O) groups excluding carboxylic acids is 1. The monoisotopic (exact) mass is 252 g/mol. The first-order chi connectivity index (χ1) is 8.56. The lowest BCUT2D eigenvalue weighted by Crippen LogP contribution is -2.51. The zero-order chi connectivity index (χ0) is 13.3. The fourth-order valence-corrected chi connectivity index (χ4v) is 3.79.